The third-order valence-electron chi connectivity index (χ3n) is 5.99. The van der Waals surface area contributed by atoms with Crippen molar-refractivity contribution >= 4 is 10.9 Å². The Morgan fingerprint density at radius 3 is 2.45 bits per heavy atom. The Balaban J connectivity index is 1.65. The normalized spacial score (nSPS) is 11.6. The highest BCUT2D eigenvalue weighted by Crippen LogP contribution is 2.35. The van der Waals surface area contributed by atoms with E-state index in [1.54, 1.807) is 0 Å². The van der Waals surface area contributed by atoms with Crippen LogP contribution in [0.15, 0.2) is 48.7 Å². The number of hydrogen-bond donors (Lipinski definition) is 1. The van der Waals surface area contributed by atoms with Crippen LogP contribution in [-0.2, 0) is 6.61 Å². The number of aromatic nitrogens is 3. The predicted molar refractivity (Wildman–Crippen MR) is 128 cm³/mol. The Morgan fingerprint density at radius 2 is 1.74 bits per heavy atom. The Morgan fingerprint density at radius 1 is 0.935 bits per heavy atom. The molecule has 4 heteroatoms. The van der Waals surface area contributed by atoms with Crippen LogP contribution < -0.4 is 4.74 Å². The number of pyridine rings is 1. The second kappa shape index (κ2) is 8.54. The first kappa shape index (κ1) is 21.1. The van der Waals surface area contributed by atoms with E-state index in [-0.39, 0.29) is 0 Å². The van der Waals surface area contributed by atoms with Crippen LogP contribution in [0.3, 0.4) is 0 Å². The smallest absolute Gasteiger partial charge is 0.123 e. The van der Waals surface area contributed by atoms with Crippen LogP contribution in [0.2, 0.25) is 0 Å². The summed E-state index contributed by atoms with van der Waals surface area (Å²) in [5.41, 5.74) is 9.00. The molecule has 0 atom stereocenters. The number of H-pyrrole nitrogens is 1. The lowest BCUT2D eigenvalue weighted by molar-refractivity contribution is 0.302. The maximum atomic E-state index is 6.20. The molecule has 4 aromatic rings. The minimum Gasteiger partial charge on any atom is -0.489 e. The van der Waals surface area contributed by atoms with E-state index in [0.29, 0.717) is 18.4 Å². The molecule has 4 nitrogen and oxygen atoms in total. The van der Waals surface area contributed by atoms with Crippen LogP contribution in [0.25, 0.3) is 22.2 Å². The molecule has 0 aliphatic rings. The van der Waals surface area contributed by atoms with Crippen molar-refractivity contribution < 1.29 is 4.74 Å². The predicted octanol–water partition coefficient (Wildman–Crippen LogP) is 7.07. The summed E-state index contributed by atoms with van der Waals surface area (Å²) < 4.78 is 6.20. The zero-order chi connectivity index (χ0) is 22.1. The number of fused-ring (bicyclic) bond motifs is 1. The maximum absolute atomic E-state index is 6.20. The van der Waals surface area contributed by atoms with Gasteiger partial charge >= 0.3 is 0 Å². The molecule has 31 heavy (non-hydrogen) atoms. The molecule has 0 bridgehead atoms. The third kappa shape index (κ3) is 4.20. The van der Waals surface area contributed by atoms with Crippen molar-refractivity contribution in [2.24, 2.45) is 0 Å². The van der Waals surface area contributed by atoms with Gasteiger partial charge in [0, 0.05) is 22.2 Å². The summed E-state index contributed by atoms with van der Waals surface area (Å²) in [6.45, 7) is 13.5. The molecule has 4 rings (SSSR count). The van der Waals surface area contributed by atoms with Gasteiger partial charge in [-0.05, 0) is 60.6 Å². The Bertz CT molecular complexity index is 1220. The van der Waals surface area contributed by atoms with E-state index < -0.39 is 0 Å². The second-order valence-corrected chi connectivity index (χ2v) is 8.93. The summed E-state index contributed by atoms with van der Waals surface area (Å²) in [5.74, 6) is 1.82. The van der Waals surface area contributed by atoms with Crippen LogP contribution >= 0.6 is 0 Å². The topological polar surface area (TPSA) is 50.8 Å². The number of aromatic amines is 1. The summed E-state index contributed by atoms with van der Waals surface area (Å²) in [6.07, 6.45) is 1.90. The standard InChI is InChI=1S/C27H31N3O/c1-16(2)20-8-7-18(5)26(13-20)31-15-21-9-11-25(29-19(21)6)27-22(17(3)4)10-12-24-23(27)14-28-30-24/h7-14,16-17H,15H2,1-6H3,(H,28,30). The summed E-state index contributed by atoms with van der Waals surface area (Å²) in [5, 5.41) is 8.44. The lowest BCUT2D eigenvalue weighted by Gasteiger charge is -2.16. The molecule has 0 fully saturated rings. The Kier molecular flexibility index (Phi) is 5.81. The van der Waals surface area contributed by atoms with Gasteiger partial charge in [-0.3, -0.25) is 10.1 Å². The van der Waals surface area contributed by atoms with Crippen molar-refractivity contribution in [2.45, 2.75) is 60.0 Å². The van der Waals surface area contributed by atoms with Crippen molar-refractivity contribution in [3.63, 3.8) is 0 Å². The fraction of sp³-hybridized carbons (Fsp3) is 0.333. The number of ether oxygens (including phenoxy) is 1. The molecule has 0 aliphatic carbocycles. The van der Waals surface area contributed by atoms with Crippen LogP contribution in [0.1, 0.15) is 67.5 Å². The van der Waals surface area contributed by atoms with Gasteiger partial charge in [0.1, 0.15) is 12.4 Å². The molecule has 160 valence electrons. The summed E-state index contributed by atoms with van der Waals surface area (Å²) in [4.78, 5) is 4.97. The van der Waals surface area contributed by atoms with Gasteiger partial charge in [-0.1, -0.05) is 52.0 Å². The molecule has 0 amide bonds. The van der Waals surface area contributed by atoms with Gasteiger partial charge in [-0.25, -0.2) is 0 Å². The van der Waals surface area contributed by atoms with E-state index >= 15 is 0 Å². The average Bonchev–Trinajstić information content (AvgIpc) is 3.21. The minimum absolute atomic E-state index is 0.399. The van der Waals surface area contributed by atoms with Gasteiger partial charge in [0.2, 0.25) is 0 Å². The number of rotatable bonds is 6. The van der Waals surface area contributed by atoms with Gasteiger partial charge in [0.05, 0.1) is 17.4 Å². The highest BCUT2D eigenvalue weighted by atomic mass is 16.5. The molecular weight excluding hydrogens is 382 g/mol. The van der Waals surface area contributed by atoms with Crippen molar-refractivity contribution in [3.05, 3.63) is 76.6 Å². The highest BCUT2D eigenvalue weighted by Gasteiger charge is 2.16. The van der Waals surface area contributed by atoms with Crippen LogP contribution in [0.5, 0.6) is 5.75 Å². The van der Waals surface area contributed by atoms with Gasteiger partial charge in [-0.2, -0.15) is 5.10 Å². The number of hydrogen-bond acceptors (Lipinski definition) is 3. The first-order chi connectivity index (χ1) is 14.8. The van der Waals surface area contributed by atoms with E-state index in [9.17, 15) is 0 Å². The zero-order valence-corrected chi connectivity index (χ0v) is 19.3. The highest BCUT2D eigenvalue weighted by molar-refractivity contribution is 5.95. The molecule has 0 unspecified atom stereocenters. The molecule has 0 saturated carbocycles. The first-order valence-corrected chi connectivity index (χ1v) is 11.0. The maximum Gasteiger partial charge on any atom is 0.123 e. The molecule has 1 N–H and O–H groups in total. The summed E-state index contributed by atoms with van der Waals surface area (Å²) in [6, 6.07) is 15.0. The number of nitrogens with one attached hydrogen (secondary N) is 1. The molecule has 2 heterocycles. The monoisotopic (exact) mass is 413 g/mol. The minimum atomic E-state index is 0.399. The lowest BCUT2D eigenvalue weighted by Crippen LogP contribution is -2.03. The van der Waals surface area contributed by atoms with Gasteiger partial charge < -0.3 is 4.74 Å². The largest absolute Gasteiger partial charge is 0.489 e. The van der Waals surface area contributed by atoms with Crippen molar-refractivity contribution in [1.82, 2.24) is 15.2 Å². The van der Waals surface area contributed by atoms with E-state index in [2.05, 4.69) is 94.2 Å². The molecule has 2 aromatic carbocycles. The first-order valence-electron chi connectivity index (χ1n) is 11.0. The second-order valence-electron chi connectivity index (χ2n) is 8.93. The molecule has 0 radical (unpaired) electrons. The Labute approximate surface area is 184 Å². The lowest BCUT2D eigenvalue weighted by atomic mass is 9.92. The van der Waals surface area contributed by atoms with Crippen molar-refractivity contribution in [3.8, 4) is 17.0 Å². The van der Waals surface area contributed by atoms with E-state index in [1.807, 2.05) is 6.20 Å². The van der Waals surface area contributed by atoms with E-state index in [1.165, 1.54) is 11.1 Å². The average molecular weight is 414 g/mol. The SMILES string of the molecule is Cc1ccc(C(C)C)cc1OCc1ccc(-c2c(C(C)C)ccc3[nH]ncc23)nc1C. The molecule has 0 saturated heterocycles. The number of aryl methyl sites for hydroxylation is 2. The molecule has 0 aliphatic heterocycles. The van der Waals surface area contributed by atoms with Gasteiger partial charge in [0.25, 0.3) is 0 Å². The third-order valence-corrected chi connectivity index (χ3v) is 5.99. The number of nitrogens with zero attached hydrogens (tertiary/aromatic N) is 2. The van der Waals surface area contributed by atoms with Crippen molar-refractivity contribution in [1.29, 1.82) is 0 Å². The van der Waals surface area contributed by atoms with Gasteiger partial charge in [-0.15, -0.1) is 0 Å². The quantitative estimate of drug-likeness (QED) is 0.368. The number of benzene rings is 2. The van der Waals surface area contributed by atoms with Gasteiger partial charge in [0.15, 0.2) is 0 Å². The van der Waals surface area contributed by atoms with E-state index in [0.717, 1.165) is 44.7 Å². The zero-order valence-electron chi connectivity index (χ0n) is 19.3. The fourth-order valence-electron chi connectivity index (χ4n) is 3.97. The van der Waals surface area contributed by atoms with E-state index in [4.69, 9.17) is 9.72 Å². The van der Waals surface area contributed by atoms with Crippen LogP contribution in [0.4, 0.5) is 0 Å². The summed E-state index contributed by atoms with van der Waals surface area (Å²) >= 11 is 0. The van der Waals surface area contributed by atoms with Crippen LogP contribution in [0, 0.1) is 13.8 Å². The summed E-state index contributed by atoms with van der Waals surface area (Å²) in [7, 11) is 0. The fourth-order valence-corrected chi connectivity index (χ4v) is 3.97. The van der Waals surface area contributed by atoms with Crippen molar-refractivity contribution in [2.75, 3.05) is 0 Å². The van der Waals surface area contributed by atoms with Crippen LogP contribution in [-0.4, -0.2) is 15.2 Å². The molecule has 2 aromatic heterocycles. The Hall–Kier alpha value is -3.14. The molecule has 0 spiro atoms. The molecular formula is C27H31N3O.